The van der Waals surface area contributed by atoms with Crippen molar-refractivity contribution in [1.82, 2.24) is 4.90 Å². The summed E-state index contributed by atoms with van der Waals surface area (Å²) in [4.78, 5) is 2.10. The van der Waals surface area contributed by atoms with Crippen LogP contribution in [0.2, 0.25) is 0 Å². The highest BCUT2D eigenvalue weighted by Gasteiger charge is 2.09. The summed E-state index contributed by atoms with van der Waals surface area (Å²) < 4.78 is 0. The van der Waals surface area contributed by atoms with Crippen LogP contribution in [-0.2, 0) is 0 Å². The molecule has 0 saturated heterocycles. The Kier molecular flexibility index (Phi) is 4.41. The van der Waals surface area contributed by atoms with Gasteiger partial charge in [0.05, 0.1) is 0 Å². The van der Waals surface area contributed by atoms with Gasteiger partial charge >= 0.3 is 0 Å². The molecule has 0 amide bonds. The van der Waals surface area contributed by atoms with Crippen LogP contribution in [0.1, 0.15) is 33.6 Å². The minimum Gasteiger partial charge on any atom is -0.325 e. The predicted octanol–water partition coefficient (Wildman–Crippen LogP) is 4.23. The van der Waals surface area contributed by atoms with Crippen LogP contribution in [-0.4, -0.2) is 4.90 Å². The van der Waals surface area contributed by atoms with Gasteiger partial charge in [0.2, 0.25) is 0 Å². The van der Waals surface area contributed by atoms with Crippen molar-refractivity contribution in [3.63, 3.8) is 0 Å². The zero-order valence-electron chi connectivity index (χ0n) is 10.0. The van der Waals surface area contributed by atoms with Crippen molar-refractivity contribution in [1.29, 1.82) is 0 Å². The number of unbranched alkanes of at least 4 members (excludes halogenated alkanes) is 1. The summed E-state index contributed by atoms with van der Waals surface area (Å²) in [5.41, 5.74) is 2.58. The number of allylic oxidation sites excluding steroid dienone is 4. The Hall–Kier alpha value is -1.24. The minimum atomic E-state index is 0.566. The van der Waals surface area contributed by atoms with E-state index in [-0.39, 0.29) is 0 Å². The molecule has 0 fully saturated rings. The highest BCUT2D eigenvalue weighted by atomic mass is 15.1. The summed E-state index contributed by atoms with van der Waals surface area (Å²) in [5.74, 6) is 0.566. The Labute approximate surface area is 93.5 Å². The lowest BCUT2D eigenvalue weighted by atomic mass is 10.0. The lowest BCUT2D eigenvalue weighted by Gasteiger charge is -2.23. The van der Waals surface area contributed by atoms with Crippen LogP contribution in [0.25, 0.3) is 0 Å². The summed E-state index contributed by atoms with van der Waals surface area (Å²) in [6, 6.07) is 0. The molecule has 15 heavy (non-hydrogen) atoms. The van der Waals surface area contributed by atoms with E-state index in [0.29, 0.717) is 5.92 Å². The van der Waals surface area contributed by atoms with Gasteiger partial charge in [-0.25, -0.2) is 0 Å². The highest BCUT2D eigenvalue weighted by Crippen LogP contribution is 2.22. The molecule has 1 aliphatic rings. The summed E-state index contributed by atoms with van der Waals surface area (Å²) in [5, 5.41) is 0. The predicted molar refractivity (Wildman–Crippen MR) is 67.1 cm³/mol. The van der Waals surface area contributed by atoms with Crippen molar-refractivity contribution in [2.45, 2.75) is 33.6 Å². The molecule has 0 aromatic rings. The first kappa shape index (κ1) is 11.8. The van der Waals surface area contributed by atoms with Crippen LogP contribution in [0.15, 0.2) is 48.5 Å². The van der Waals surface area contributed by atoms with Crippen LogP contribution < -0.4 is 0 Å². The molecule has 0 unspecified atom stereocenters. The standard InChI is InChI=1S/C14H21N/c1-5-7-8-14-10-9-13(12(3)4)11-15(14)6-2/h6,8-12H,2,5,7H2,1,3-4H3/b14-8-. The Bertz CT molecular complexity index is 305. The molecule has 82 valence electrons. The molecular weight excluding hydrogens is 182 g/mol. The number of nitrogens with zero attached hydrogens (tertiary/aromatic N) is 1. The third-order valence-corrected chi connectivity index (χ3v) is 2.54. The third-order valence-electron chi connectivity index (χ3n) is 2.54. The van der Waals surface area contributed by atoms with Gasteiger partial charge in [0.15, 0.2) is 0 Å². The maximum absolute atomic E-state index is 3.84. The van der Waals surface area contributed by atoms with E-state index >= 15 is 0 Å². The summed E-state index contributed by atoms with van der Waals surface area (Å²) in [7, 11) is 0. The van der Waals surface area contributed by atoms with Gasteiger partial charge < -0.3 is 4.90 Å². The van der Waals surface area contributed by atoms with Gasteiger partial charge in [0.1, 0.15) is 0 Å². The first-order valence-corrected chi connectivity index (χ1v) is 5.70. The first-order valence-electron chi connectivity index (χ1n) is 5.70. The van der Waals surface area contributed by atoms with Crippen LogP contribution in [0, 0.1) is 5.92 Å². The van der Waals surface area contributed by atoms with Crippen molar-refractivity contribution in [3.05, 3.63) is 48.5 Å². The largest absolute Gasteiger partial charge is 0.325 e. The van der Waals surface area contributed by atoms with Gasteiger partial charge in [0.25, 0.3) is 0 Å². The van der Waals surface area contributed by atoms with E-state index in [2.05, 4.69) is 56.7 Å². The van der Waals surface area contributed by atoms with Crippen molar-refractivity contribution in [2.75, 3.05) is 0 Å². The topological polar surface area (TPSA) is 3.24 Å². The molecule has 1 rings (SSSR count). The number of hydrogen-bond acceptors (Lipinski definition) is 1. The van der Waals surface area contributed by atoms with E-state index < -0.39 is 0 Å². The van der Waals surface area contributed by atoms with Crippen molar-refractivity contribution >= 4 is 0 Å². The maximum Gasteiger partial charge on any atom is 0.0409 e. The molecule has 0 radical (unpaired) electrons. The van der Waals surface area contributed by atoms with E-state index in [1.807, 2.05) is 6.20 Å². The molecule has 0 N–H and O–H groups in total. The molecule has 1 heteroatoms. The first-order chi connectivity index (χ1) is 7.19. The van der Waals surface area contributed by atoms with Gasteiger partial charge in [-0.2, -0.15) is 0 Å². The average molecular weight is 203 g/mol. The molecule has 0 aromatic carbocycles. The minimum absolute atomic E-state index is 0.566. The molecule has 1 nitrogen and oxygen atoms in total. The van der Waals surface area contributed by atoms with E-state index in [0.717, 1.165) is 6.42 Å². The lowest BCUT2D eigenvalue weighted by molar-refractivity contribution is 0.614. The molecule has 0 bridgehead atoms. The van der Waals surface area contributed by atoms with E-state index in [1.54, 1.807) is 0 Å². The monoisotopic (exact) mass is 203 g/mol. The van der Waals surface area contributed by atoms with Crippen LogP contribution in [0.4, 0.5) is 0 Å². The van der Waals surface area contributed by atoms with E-state index in [4.69, 9.17) is 0 Å². The Balaban J connectivity index is 2.83. The molecule has 0 atom stereocenters. The second kappa shape index (κ2) is 5.59. The van der Waals surface area contributed by atoms with Gasteiger partial charge in [-0.05, 0) is 24.0 Å². The molecule has 1 heterocycles. The van der Waals surface area contributed by atoms with Gasteiger partial charge in [0, 0.05) is 18.1 Å². The summed E-state index contributed by atoms with van der Waals surface area (Å²) >= 11 is 0. The fourth-order valence-electron chi connectivity index (χ4n) is 1.51. The van der Waals surface area contributed by atoms with Crippen LogP contribution >= 0.6 is 0 Å². The molecule has 0 spiro atoms. The molecule has 0 aromatic heterocycles. The Morgan fingerprint density at radius 2 is 2.13 bits per heavy atom. The van der Waals surface area contributed by atoms with Crippen LogP contribution in [0.5, 0.6) is 0 Å². The van der Waals surface area contributed by atoms with E-state index in [1.165, 1.54) is 17.7 Å². The summed E-state index contributed by atoms with van der Waals surface area (Å²) in [6.07, 6.45) is 13.0. The van der Waals surface area contributed by atoms with Gasteiger partial charge in [-0.1, -0.05) is 45.9 Å². The van der Waals surface area contributed by atoms with Crippen molar-refractivity contribution in [3.8, 4) is 0 Å². The quantitative estimate of drug-likeness (QED) is 0.661. The zero-order chi connectivity index (χ0) is 11.3. The van der Waals surface area contributed by atoms with Gasteiger partial charge in [-0.15, -0.1) is 0 Å². The molecule has 0 saturated carbocycles. The maximum atomic E-state index is 3.84. The van der Waals surface area contributed by atoms with Crippen molar-refractivity contribution < 1.29 is 0 Å². The Morgan fingerprint density at radius 1 is 1.40 bits per heavy atom. The average Bonchev–Trinajstić information content (AvgIpc) is 2.25. The number of rotatable bonds is 4. The van der Waals surface area contributed by atoms with Crippen molar-refractivity contribution in [2.24, 2.45) is 5.92 Å². The zero-order valence-corrected chi connectivity index (χ0v) is 10.0. The highest BCUT2D eigenvalue weighted by molar-refractivity contribution is 5.36. The Morgan fingerprint density at radius 3 is 2.67 bits per heavy atom. The molecular formula is C14H21N. The fraction of sp³-hybridized carbons (Fsp3) is 0.429. The lowest BCUT2D eigenvalue weighted by Crippen LogP contribution is -2.13. The SMILES string of the molecule is C=CN1C=C(C(C)C)C=C/C1=C/CCC. The molecule has 0 aliphatic carbocycles. The van der Waals surface area contributed by atoms with Crippen LogP contribution in [0.3, 0.4) is 0 Å². The van der Waals surface area contributed by atoms with E-state index in [9.17, 15) is 0 Å². The molecule has 1 aliphatic heterocycles. The smallest absolute Gasteiger partial charge is 0.0409 e. The third kappa shape index (κ3) is 3.12. The van der Waals surface area contributed by atoms with Gasteiger partial charge in [-0.3, -0.25) is 0 Å². The second-order valence-corrected chi connectivity index (χ2v) is 4.12. The fourth-order valence-corrected chi connectivity index (χ4v) is 1.51. The summed E-state index contributed by atoms with van der Waals surface area (Å²) in [6.45, 7) is 10.4. The second-order valence-electron chi connectivity index (χ2n) is 4.12. The normalized spacial score (nSPS) is 18.5. The number of hydrogen-bond donors (Lipinski definition) is 0.